The van der Waals surface area contributed by atoms with E-state index in [2.05, 4.69) is 403 Å². The molecule has 18 aromatic carbocycles. The summed E-state index contributed by atoms with van der Waals surface area (Å²) < 4.78 is 10.9. The van der Waals surface area contributed by atoms with Gasteiger partial charge in [-0.3, -0.25) is 0 Å². The van der Waals surface area contributed by atoms with Gasteiger partial charge in [-0.05, 0) is 314 Å². The average molecular weight is 1640 g/mol. The van der Waals surface area contributed by atoms with E-state index in [4.69, 9.17) is 0 Å². The zero-order valence-corrected chi connectivity index (χ0v) is 76.2. The van der Waals surface area contributed by atoms with Crippen LogP contribution in [0.3, 0.4) is 0 Å². The van der Waals surface area contributed by atoms with Gasteiger partial charge in [0.05, 0.1) is 0 Å². The van der Waals surface area contributed by atoms with Crippen LogP contribution in [0.15, 0.2) is 267 Å². The molecule has 22 aromatic rings. The number of thiophene rings is 4. The van der Waals surface area contributed by atoms with Crippen LogP contribution in [0, 0.1) is 27.7 Å². The number of nitrogens with zero attached hydrogens (tertiary/aromatic N) is 1. The minimum atomic E-state index is 0.0637. The highest BCUT2D eigenvalue weighted by atomic mass is 32.1. The first-order chi connectivity index (χ1) is 57.8. The Kier molecular flexibility index (Phi) is 17.6. The predicted molar refractivity (Wildman–Crippen MR) is 541 cm³/mol. The highest BCUT2D eigenvalue weighted by molar-refractivity contribution is 7.28. The summed E-state index contributed by atoms with van der Waals surface area (Å²) in [6.45, 7) is 43.9. The van der Waals surface area contributed by atoms with E-state index < -0.39 is 0 Å². The molecule has 0 aliphatic carbocycles. The molecular weight excluding hydrogens is 1540 g/mol. The summed E-state index contributed by atoms with van der Waals surface area (Å²) in [5.74, 6) is 0. The van der Waals surface area contributed by atoms with Crippen molar-refractivity contribution >= 4 is 208 Å². The van der Waals surface area contributed by atoms with Crippen LogP contribution < -0.4 is 4.90 Å². The lowest BCUT2D eigenvalue weighted by Crippen LogP contribution is -2.10. The molecule has 0 saturated carbocycles. The van der Waals surface area contributed by atoms with E-state index in [-0.39, 0.29) is 27.1 Å². The van der Waals surface area contributed by atoms with E-state index in [9.17, 15) is 0 Å². The van der Waals surface area contributed by atoms with Crippen LogP contribution in [0.2, 0.25) is 0 Å². The van der Waals surface area contributed by atoms with Crippen LogP contribution in [-0.4, -0.2) is 0 Å². The molecular formula is C116H101NS4. The fourth-order valence-corrected chi connectivity index (χ4v) is 24.7. The molecule has 4 heterocycles. The van der Waals surface area contributed by atoms with Gasteiger partial charge in [-0.25, -0.2) is 0 Å². The zero-order chi connectivity index (χ0) is 83.7. The van der Waals surface area contributed by atoms with E-state index in [1.807, 2.05) is 45.3 Å². The minimum Gasteiger partial charge on any atom is -0.310 e. The number of aryl methyl sites for hydroxylation is 4. The Morgan fingerprint density at radius 2 is 0.496 bits per heavy atom. The lowest BCUT2D eigenvalue weighted by molar-refractivity contribution is 0.590. The molecule has 0 spiro atoms. The minimum absolute atomic E-state index is 0.0637. The quantitative estimate of drug-likeness (QED) is 0.144. The molecule has 0 atom stereocenters. The molecule has 0 aliphatic heterocycles. The van der Waals surface area contributed by atoms with Crippen molar-refractivity contribution in [2.75, 3.05) is 4.90 Å². The Bertz CT molecular complexity index is 7720. The lowest BCUT2D eigenvalue weighted by Gasteiger charge is -2.25. The molecule has 0 aliphatic rings. The van der Waals surface area contributed by atoms with Crippen LogP contribution in [0.5, 0.6) is 0 Å². The van der Waals surface area contributed by atoms with E-state index in [1.165, 1.54) is 240 Å². The number of anilines is 3. The van der Waals surface area contributed by atoms with Gasteiger partial charge in [0.2, 0.25) is 0 Å². The Balaban J connectivity index is 0.000000150. The second-order valence-corrected chi connectivity index (χ2v) is 44.0. The number of rotatable bonds is 7. The van der Waals surface area contributed by atoms with E-state index >= 15 is 0 Å². The highest BCUT2D eigenvalue weighted by Crippen LogP contribution is 2.58. The Labute approximate surface area is 726 Å². The fraction of sp³-hybridized carbons (Fsp3) is 0.207. The Morgan fingerprint density at radius 3 is 0.860 bits per heavy atom. The zero-order valence-electron chi connectivity index (χ0n) is 73.0. The lowest BCUT2D eigenvalue weighted by atomic mass is 9.82. The molecule has 594 valence electrons. The van der Waals surface area contributed by atoms with Crippen LogP contribution in [0.4, 0.5) is 17.1 Å². The second kappa shape index (κ2) is 27.6. The molecule has 0 unspecified atom stereocenters. The molecule has 0 N–H and O–H groups in total. The van der Waals surface area contributed by atoms with Crippen LogP contribution in [0.1, 0.15) is 154 Å². The first-order valence-corrected chi connectivity index (χ1v) is 46.3. The summed E-state index contributed by atoms with van der Waals surface area (Å²) >= 11 is 7.84. The molecule has 0 radical (unpaired) electrons. The van der Waals surface area contributed by atoms with E-state index in [0.717, 1.165) is 17.1 Å². The van der Waals surface area contributed by atoms with Gasteiger partial charge in [0.25, 0.3) is 0 Å². The molecule has 0 fully saturated rings. The van der Waals surface area contributed by atoms with Gasteiger partial charge in [-0.15, -0.1) is 45.3 Å². The van der Waals surface area contributed by atoms with Crippen LogP contribution >= 0.6 is 45.3 Å². The molecule has 1 nitrogen and oxygen atoms in total. The van der Waals surface area contributed by atoms with Gasteiger partial charge in [-0.1, -0.05) is 249 Å². The molecule has 121 heavy (non-hydrogen) atoms. The third kappa shape index (κ3) is 12.5. The van der Waals surface area contributed by atoms with Crippen molar-refractivity contribution in [1.29, 1.82) is 0 Å². The van der Waals surface area contributed by atoms with Crippen molar-refractivity contribution in [2.24, 2.45) is 0 Å². The van der Waals surface area contributed by atoms with Crippen molar-refractivity contribution in [1.82, 2.24) is 0 Å². The van der Waals surface area contributed by atoms with Crippen molar-refractivity contribution in [3.05, 3.63) is 317 Å². The topological polar surface area (TPSA) is 3.24 Å². The monoisotopic (exact) mass is 1640 g/mol. The maximum absolute atomic E-state index is 2.58. The largest absolute Gasteiger partial charge is 0.310 e. The van der Waals surface area contributed by atoms with Crippen molar-refractivity contribution in [2.45, 2.75) is 159 Å². The molecule has 0 bridgehead atoms. The second-order valence-electron chi connectivity index (χ2n) is 39.8. The van der Waals surface area contributed by atoms with Crippen molar-refractivity contribution in [3.63, 3.8) is 0 Å². The summed E-state index contributed by atoms with van der Waals surface area (Å²) in [6, 6.07) is 103. The van der Waals surface area contributed by atoms with Gasteiger partial charge in [0, 0.05) is 119 Å². The fourth-order valence-electron chi connectivity index (χ4n) is 19.9. The summed E-state index contributed by atoms with van der Waals surface area (Å²) in [5.41, 5.74) is 26.4. The molecule has 0 amide bonds. The molecule has 4 aromatic heterocycles. The standard InChI is InChI=1S/C60H47NS2.C56H54S2/c1-34-16-14-17-35(2)54(34)44-33-51-57-47(31-49-43-29-41(25-27-52(43)62-59(49)51)61(39-20-10-8-11-21-39)40-22-12-9-13-23-40)45(55-36(3)18-15-19-37(55)4)32-50-56(57)46(44)30-48-42-26-24-38(60(5,6)7)28-53(42)63-58(48)50;1-53(2,3)33-17-13-31(14-18-33)37-27-45-50-42(30-44-40-26-36(56(10,11)12)22-24-48(40)57-51(44)45)38(32-15-19-34(20-16-32)54(4,5)6)28-46-49(50)41(37)29-43-39-25-35(55(7,8)9)21-23-47(39)58-52(43)46/h8-33H,1-7H3;13-30H,1-12H3. The van der Waals surface area contributed by atoms with Gasteiger partial charge < -0.3 is 4.90 Å². The number of para-hydroxylation sites is 2. The third-order valence-electron chi connectivity index (χ3n) is 26.5. The Morgan fingerprint density at radius 1 is 0.198 bits per heavy atom. The molecule has 0 saturated heterocycles. The summed E-state index contributed by atoms with van der Waals surface area (Å²) in [7, 11) is 0. The van der Waals surface area contributed by atoms with Crippen LogP contribution in [0.25, 0.3) is 190 Å². The summed E-state index contributed by atoms with van der Waals surface area (Å²) in [5, 5.41) is 27.0. The number of fused-ring (bicyclic) bond motifs is 16. The normalized spacial score (nSPS) is 12.9. The van der Waals surface area contributed by atoms with Crippen LogP contribution in [-0.2, 0) is 27.1 Å². The number of benzene rings is 18. The first kappa shape index (κ1) is 77.1. The van der Waals surface area contributed by atoms with Crippen molar-refractivity contribution < 1.29 is 0 Å². The maximum Gasteiger partial charge on any atom is 0.0468 e. The third-order valence-corrected chi connectivity index (χ3v) is 31.4. The smallest absolute Gasteiger partial charge is 0.0468 e. The van der Waals surface area contributed by atoms with Gasteiger partial charge in [0.15, 0.2) is 0 Å². The van der Waals surface area contributed by atoms with Crippen molar-refractivity contribution in [3.8, 4) is 44.5 Å². The van der Waals surface area contributed by atoms with Gasteiger partial charge >= 0.3 is 0 Å². The van der Waals surface area contributed by atoms with Gasteiger partial charge in [-0.2, -0.15) is 0 Å². The average Bonchev–Trinajstić information content (AvgIpc) is 1.65. The predicted octanol–water partition coefficient (Wildman–Crippen LogP) is 36.5. The Hall–Kier alpha value is -11.3. The molecule has 5 heteroatoms. The first-order valence-electron chi connectivity index (χ1n) is 43.1. The highest BCUT2D eigenvalue weighted by Gasteiger charge is 2.31. The number of hydrogen-bond donors (Lipinski definition) is 0. The summed E-state index contributed by atoms with van der Waals surface area (Å²) in [4.78, 5) is 2.38. The SMILES string of the molecule is CC(C)(C)c1ccc(-c2cc3c4sc5ccc(C(C)(C)C)cc5c4cc4c(-c5ccc(C(C)(C)C)cc5)cc5c6sc7ccc(C(C)(C)C)cc7c6cc2c5c43)cc1.Cc1cccc(C)c1-c1cc2c3sc4ccc(N(c5ccccc5)c5ccccc5)cc4c3cc3c(-c4c(C)cccc4C)cc4c5sc6cc(C(C)(C)C)ccc6c5cc1c4c32. The number of hydrogen-bond acceptors (Lipinski definition) is 5. The summed E-state index contributed by atoms with van der Waals surface area (Å²) in [6.07, 6.45) is 0. The maximum atomic E-state index is 2.58. The van der Waals surface area contributed by atoms with E-state index in [1.54, 1.807) is 0 Å². The molecule has 22 rings (SSSR count). The van der Waals surface area contributed by atoms with E-state index in [0.29, 0.717) is 0 Å². The van der Waals surface area contributed by atoms with Gasteiger partial charge in [0.1, 0.15) is 0 Å².